The smallest absolute Gasteiger partial charge is 0.368 e. The summed E-state index contributed by atoms with van der Waals surface area (Å²) in [6.07, 6.45) is -4.89. The highest BCUT2D eigenvalue weighted by Crippen LogP contribution is 2.25. The van der Waals surface area contributed by atoms with Crippen molar-refractivity contribution in [2.24, 2.45) is 5.73 Å². The molecule has 0 saturated carbocycles. The zero-order valence-corrected chi connectivity index (χ0v) is 8.94. The number of hydrogen-bond donors (Lipinski definition) is 1. The predicted molar refractivity (Wildman–Crippen MR) is 54.7 cm³/mol. The van der Waals surface area contributed by atoms with Gasteiger partial charge in [0.25, 0.3) is 0 Å². The summed E-state index contributed by atoms with van der Waals surface area (Å²) in [6.45, 7) is 1.22. The molecule has 1 atom stereocenters. The molecule has 0 bridgehead atoms. The van der Waals surface area contributed by atoms with Crippen molar-refractivity contribution in [3.63, 3.8) is 0 Å². The summed E-state index contributed by atoms with van der Waals surface area (Å²) in [5, 5.41) is 0.433. The number of nitrogens with two attached hydrogens (primary N) is 1. The van der Waals surface area contributed by atoms with Crippen LogP contribution < -0.4 is 10.8 Å². The lowest BCUT2D eigenvalue weighted by Crippen LogP contribution is -2.45. The zero-order chi connectivity index (χ0) is 13.1. The minimum atomic E-state index is -4.89. The lowest BCUT2D eigenvalue weighted by molar-refractivity contribution is -0.331. The first-order chi connectivity index (χ1) is 7.81. The maximum absolute atomic E-state index is 12.2. The molecule has 7 heteroatoms. The standard InChI is InChI=1S/C10H11F3N2O2/c1-7(9(14)16)15(17-10(11,12)13)8-5-3-2-4-6-8/h2-7H,1H3,(H2,14,16). The van der Waals surface area contributed by atoms with Crippen molar-refractivity contribution in [1.29, 1.82) is 0 Å². The Morgan fingerprint density at radius 3 is 2.29 bits per heavy atom. The maximum atomic E-state index is 12.2. The molecule has 0 fully saturated rings. The fourth-order valence-electron chi connectivity index (χ4n) is 1.16. The van der Waals surface area contributed by atoms with E-state index in [1.165, 1.54) is 31.2 Å². The van der Waals surface area contributed by atoms with Gasteiger partial charge in [0.2, 0.25) is 5.91 Å². The van der Waals surface area contributed by atoms with Gasteiger partial charge in [0.1, 0.15) is 6.04 Å². The first kappa shape index (κ1) is 13.3. The summed E-state index contributed by atoms with van der Waals surface area (Å²) in [7, 11) is 0. The third-order valence-electron chi connectivity index (χ3n) is 1.98. The molecule has 0 saturated heterocycles. The van der Waals surface area contributed by atoms with E-state index in [-0.39, 0.29) is 5.69 Å². The number of benzene rings is 1. The van der Waals surface area contributed by atoms with E-state index in [4.69, 9.17) is 5.73 Å². The lowest BCUT2D eigenvalue weighted by Gasteiger charge is -2.28. The van der Waals surface area contributed by atoms with E-state index in [0.29, 0.717) is 5.06 Å². The second-order valence-corrected chi connectivity index (χ2v) is 3.28. The molecule has 0 spiro atoms. The summed E-state index contributed by atoms with van der Waals surface area (Å²) in [5.74, 6) is -0.918. The summed E-state index contributed by atoms with van der Waals surface area (Å²) in [5.41, 5.74) is 5.06. The number of amides is 1. The third kappa shape index (κ3) is 3.95. The monoisotopic (exact) mass is 248 g/mol. The van der Waals surface area contributed by atoms with Gasteiger partial charge in [0.15, 0.2) is 0 Å². The molecule has 1 rings (SSSR count). The van der Waals surface area contributed by atoms with Crippen LogP contribution in [0.5, 0.6) is 0 Å². The number of halogens is 3. The van der Waals surface area contributed by atoms with Gasteiger partial charge in [0.05, 0.1) is 5.69 Å². The van der Waals surface area contributed by atoms with E-state index >= 15 is 0 Å². The Bertz CT molecular complexity index is 381. The van der Waals surface area contributed by atoms with Gasteiger partial charge in [-0.05, 0) is 19.1 Å². The van der Waals surface area contributed by atoms with Crippen LogP contribution in [0.3, 0.4) is 0 Å². The van der Waals surface area contributed by atoms with E-state index in [9.17, 15) is 18.0 Å². The van der Waals surface area contributed by atoms with E-state index in [0.717, 1.165) is 0 Å². The molecule has 1 amide bonds. The van der Waals surface area contributed by atoms with Crippen LogP contribution in [0.1, 0.15) is 6.92 Å². The van der Waals surface area contributed by atoms with Gasteiger partial charge in [0, 0.05) is 0 Å². The Kier molecular flexibility index (Phi) is 3.95. The van der Waals surface area contributed by atoms with Gasteiger partial charge in [-0.1, -0.05) is 18.2 Å². The second-order valence-electron chi connectivity index (χ2n) is 3.28. The summed E-state index contributed by atoms with van der Waals surface area (Å²) >= 11 is 0. The molecular weight excluding hydrogens is 237 g/mol. The Labute approximate surface area is 95.7 Å². The van der Waals surface area contributed by atoms with Crippen molar-refractivity contribution in [3.05, 3.63) is 30.3 Å². The summed E-state index contributed by atoms with van der Waals surface area (Å²) in [6, 6.07) is 6.20. The molecule has 17 heavy (non-hydrogen) atoms. The molecule has 1 aromatic rings. The molecule has 0 aromatic heterocycles. The van der Waals surface area contributed by atoms with E-state index in [1.54, 1.807) is 6.07 Å². The van der Waals surface area contributed by atoms with Crippen molar-refractivity contribution in [2.75, 3.05) is 5.06 Å². The van der Waals surface area contributed by atoms with Gasteiger partial charge in [-0.2, -0.15) is 4.84 Å². The molecule has 0 radical (unpaired) electrons. The highest BCUT2D eigenvalue weighted by Gasteiger charge is 2.36. The fraction of sp³-hybridized carbons (Fsp3) is 0.300. The first-order valence-electron chi connectivity index (χ1n) is 4.70. The number of rotatable bonds is 4. The highest BCUT2D eigenvalue weighted by atomic mass is 19.4. The van der Waals surface area contributed by atoms with Crippen LogP contribution in [-0.2, 0) is 9.63 Å². The molecule has 0 aliphatic carbocycles. The lowest BCUT2D eigenvalue weighted by atomic mass is 10.2. The predicted octanol–water partition coefficient (Wildman–Crippen LogP) is 1.82. The number of alkyl halides is 3. The number of hydroxylamine groups is 1. The van der Waals surface area contributed by atoms with Crippen molar-refractivity contribution in [3.8, 4) is 0 Å². The highest BCUT2D eigenvalue weighted by molar-refractivity contribution is 5.82. The van der Waals surface area contributed by atoms with Gasteiger partial charge in [-0.25, -0.2) is 5.06 Å². The molecule has 1 unspecified atom stereocenters. The van der Waals surface area contributed by atoms with Gasteiger partial charge >= 0.3 is 6.36 Å². The Balaban J connectivity index is 2.99. The van der Waals surface area contributed by atoms with Crippen molar-refractivity contribution in [1.82, 2.24) is 0 Å². The fourth-order valence-corrected chi connectivity index (χ4v) is 1.16. The van der Waals surface area contributed by atoms with E-state index < -0.39 is 18.3 Å². The van der Waals surface area contributed by atoms with Crippen LogP contribution >= 0.6 is 0 Å². The largest absolute Gasteiger partial charge is 0.544 e. The zero-order valence-electron chi connectivity index (χ0n) is 8.94. The quantitative estimate of drug-likeness (QED) is 0.827. The summed E-state index contributed by atoms with van der Waals surface area (Å²) < 4.78 is 36.6. The van der Waals surface area contributed by atoms with E-state index in [2.05, 4.69) is 4.84 Å². The van der Waals surface area contributed by atoms with Gasteiger partial charge in [-0.3, -0.25) is 4.79 Å². The van der Waals surface area contributed by atoms with Crippen LogP contribution in [0.25, 0.3) is 0 Å². The number of primary amides is 1. The Morgan fingerprint density at radius 2 is 1.88 bits per heavy atom. The number of para-hydroxylation sites is 1. The number of anilines is 1. The Morgan fingerprint density at radius 1 is 1.35 bits per heavy atom. The van der Waals surface area contributed by atoms with Crippen molar-refractivity contribution >= 4 is 11.6 Å². The molecule has 4 nitrogen and oxygen atoms in total. The Hall–Kier alpha value is -1.76. The molecule has 0 heterocycles. The molecule has 0 aliphatic rings. The van der Waals surface area contributed by atoms with Crippen LogP contribution in [0.4, 0.5) is 18.9 Å². The molecular formula is C10H11F3N2O2. The first-order valence-corrected chi connectivity index (χ1v) is 4.70. The minimum absolute atomic E-state index is 0.0936. The van der Waals surface area contributed by atoms with Gasteiger partial charge < -0.3 is 5.73 Å². The normalized spacial score (nSPS) is 13.2. The molecule has 0 aliphatic heterocycles. The van der Waals surface area contributed by atoms with Crippen molar-refractivity contribution in [2.45, 2.75) is 19.3 Å². The van der Waals surface area contributed by atoms with Crippen LogP contribution in [-0.4, -0.2) is 18.3 Å². The third-order valence-corrected chi connectivity index (χ3v) is 1.98. The summed E-state index contributed by atoms with van der Waals surface area (Å²) in [4.78, 5) is 14.7. The number of nitrogens with zero attached hydrogens (tertiary/aromatic N) is 1. The average Bonchev–Trinajstić information content (AvgIpc) is 2.25. The van der Waals surface area contributed by atoms with E-state index in [1.807, 2.05) is 0 Å². The van der Waals surface area contributed by atoms with Crippen LogP contribution in [0, 0.1) is 0 Å². The minimum Gasteiger partial charge on any atom is -0.368 e. The second kappa shape index (κ2) is 5.05. The molecule has 94 valence electrons. The van der Waals surface area contributed by atoms with Crippen molar-refractivity contribution < 1.29 is 22.8 Å². The molecule has 1 aromatic carbocycles. The SMILES string of the molecule is CC(C(N)=O)N(OC(F)(F)F)c1ccccc1. The average molecular weight is 248 g/mol. The van der Waals surface area contributed by atoms with Crippen LogP contribution in [0.2, 0.25) is 0 Å². The maximum Gasteiger partial charge on any atom is 0.544 e. The van der Waals surface area contributed by atoms with Gasteiger partial charge in [-0.15, -0.1) is 13.2 Å². The van der Waals surface area contributed by atoms with Crippen LogP contribution in [0.15, 0.2) is 30.3 Å². The molecule has 2 N–H and O–H groups in total. The number of hydrogen-bond acceptors (Lipinski definition) is 3. The number of carbonyl (C=O) groups excluding carboxylic acids is 1. The number of carbonyl (C=O) groups is 1. The topological polar surface area (TPSA) is 55.6 Å².